The van der Waals surface area contributed by atoms with Gasteiger partial charge in [0, 0.05) is 18.2 Å². The number of fused-ring (bicyclic) bond motifs is 3. The highest BCUT2D eigenvalue weighted by molar-refractivity contribution is 5.79. The molecule has 0 saturated heterocycles. The third-order valence-corrected chi connectivity index (χ3v) is 5.95. The maximum absolute atomic E-state index is 12.4. The maximum Gasteiger partial charge on any atom is 0.407 e. The summed E-state index contributed by atoms with van der Waals surface area (Å²) in [7, 11) is 0. The molecule has 0 unspecified atom stereocenters. The molecule has 5 rings (SSSR count). The molecule has 4 aromatic carbocycles. The molecule has 0 radical (unpaired) electrons. The highest BCUT2D eigenvalue weighted by atomic mass is 16.5. The first kappa shape index (κ1) is 19.9. The van der Waals surface area contributed by atoms with E-state index in [1.807, 2.05) is 72.8 Å². The fourth-order valence-corrected chi connectivity index (χ4v) is 4.36. The van der Waals surface area contributed by atoms with Crippen LogP contribution in [0.3, 0.4) is 0 Å². The highest BCUT2D eigenvalue weighted by Crippen LogP contribution is 2.44. The first-order valence-corrected chi connectivity index (χ1v) is 10.7. The van der Waals surface area contributed by atoms with Gasteiger partial charge in [0.15, 0.2) is 0 Å². The number of nitrogens with two attached hydrogens (primary N) is 1. The van der Waals surface area contributed by atoms with Crippen molar-refractivity contribution in [3.63, 3.8) is 0 Å². The highest BCUT2D eigenvalue weighted by Gasteiger charge is 2.28. The van der Waals surface area contributed by atoms with E-state index in [4.69, 9.17) is 10.5 Å². The third-order valence-electron chi connectivity index (χ3n) is 5.95. The summed E-state index contributed by atoms with van der Waals surface area (Å²) in [6.45, 7) is 0.724. The maximum atomic E-state index is 12.4. The molecular weight excluding hydrogens is 396 g/mol. The number of nitrogen functional groups attached to an aromatic ring is 1. The third kappa shape index (κ3) is 3.95. The average molecular weight is 421 g/mol. The predicted molar refractivity (Wildman–Crippen MR) is 128 cm³/mol. The Kier molecular flexibility index (Phi) is 5.34. The zero-order valence-corrected chi connectivity index (χ0v) is 17.6. The van der Waals surface area contributed by atoms with Crippen LogP contribution in [0.15, 0.2) is 97.1 Å². The van der Waals surface area contributed by atoms with Gasteiger partial charge < -0.3 is 15.8 Å². The van der Waals surface area contributed by atoms with Crippen LogP contribution in [0.4, 0.5) is 10.5 Å². The van der Waals surface area contributed by atoms with Gasteiger partial charge in [0.25, 0.3) is 0 Å². The van der Waals surface area contributed by atoms with Gasteiger partial charge in [0.1, 0.15) is 6.61 Å². The largest absolute Gasteiger partial charge is 0.449 e. The number of alkyl carbamates (subject to hydrolysis) is 1. The minimum atomic E-state index is -0.410. The summed E-state index contributed by atoms with van der Waals surface area (Å²) < 4.78 is 5.60. The van der Waals surface area contributed by atoms with Gasteiger partial charge in [0.2, 0.25) is 0 Å². The molecule has 0 fully saturated rings. The molecule has 0 bridgehead atoms. The molecule has 1 amide bonds. The molecule has 3 N–H and O–H groups in total. The molecule has 0 spiro atoms. The molecule has 1 aliphatic carbocycles. The Morgan fingerprint density at radius 1 is 0.781 bits per heavy atom. The molecule has 0 heterocycles. The average Bonchev–Trinajstić information content (AvgIpc) is 3.15. The van der Waals surface area contributed by atoms with Gasteiger partial charge in [-0.05, 0) is 51.1 Å². The smallest absolute Gasteiger partial charge is 0.407 e. The number of carbonyl (C=O) groups is 1. The molecule has 0 atom stereocenters. The van der Waals surface area contributed by atoms with E-state index >= 15 is 0 Å². The fourth-order valence-electron chi connectivity index (χ4n) is 4.36. The molecule has 0 aliphatic heterocycles. The molecule has 4 nitrogen and oxygen atoms in total. The lowest BCUT2D eigenvalue weighted by molar-refractivity contribution is 0.142. The van der Waals surface area contributed by atoms with E-state index in [1.54, 1.807) is 0 Å². The topological polar surface area (TPSA) is 64.3 Å². The lowest BCUT2D eigenvalue weighted by Crippen LogP contribution is -2.25. The Balaban J connectivity index is 1.19. The molecule has 1 aliphatic rings. The van der Waals surface area contributed by atoms with Gasteiger partial charge in [-0.1, -0.05) is 84.9 Å². The first-order chi connectivity index (χ1) is 15.7. The van der Waals surface area contributed by atoms with E-state index in [0.717, 1.165) is 22.4 Å². The Hall–Kier alpha value is -4.05. The summed E-state index contributed by atoms with van der Waals surface area (Å²) >= 11 is 0. The van der Waals surface area contributed by atoms with Gasteiger partial charge in [-0.25, -0.2) is 4.79 Å². The van der Waals surface area contributed by atoms with Crippen molar-refractivity contribution in [1.29, 1.82) is 0 Å². The van der Waals surface area contributed by atoms with Crippen molar-refractivity contribution in [3.8, 4) is 22.3 Å². The van der Waals surface area contributed by atoms with Crippen molar-refractivity contribution in [2.45, 2.75) is 12.5 Å². The number of carbonyl (C=O) groups excluding carboxylic acids is 1. The molecule has 0 aromatic heterocycles. The van der Waals surface area contributed by atoms with Crippen LogP contribution in [0.2, 0.25) is 0 Å². The minimum Gasteiger partial charge on any atom is -0.449 e. The zero-order chi connectivity index (χ0) is 21.9. The second-order valence-electron chi connectivity index (χ2n) is 8.00. The molecule has 32 heavy (non-hydrogen) atoms. The van der Waals surface area contributed by atoms with Crippen LogP contribution >= 0.6 is 0 Å². The standard InChI is InChI=1S/C28H24N2O2/c29-22-7-5-6-21(16-22)20-14-12-19(13-15-20)17-30-28(31)32-18-27-25-10-3-1-8-23(25)24-9-2-4-11-26(24)27/h1-16,27H,17-18,29H2,(H,30,31). The second kappa shape index (κ2) is 8.60. The molecule has 4 aromatic rings. The van der Waals surface area contributed by atoms with Crippen molar-refractivity contribution in [1.82, 2.24) is 5.32 Å². The van der Waals surface area contributed by atoms with Gasteiger partial charge in [-0.2, -0.15) is 0 Å². The quantitative estimate of drug-likeness (QED) is 0.391. The summed E-state index contributed by atoms with van der Waals surface area (Å²) in [6, 6.07) is 32.5. The van der Waals surface area contributed by atoms with Gasteiger partial charge in [-0.15, -0.1) is 0 Å². The lowest BCUT2D eigenvalue weighted by atomic mass is 9.98. The minimum absolute atomic E-state index is 0.0609. The van der Waals surface area contributed by atoms with Crippen molar-refractivity contribution in [3.05, 3.63) is 114 Å². The molecular formula is C28H24N2O2. The Labute approximate surface area is 187 Å². The van der Waals surface area contributed by atoms with Crippen LogP contribution < -0.4 is 11.1 Å². The van der Waals surface area contributed by atoms with Crippen LogP contribution in [-0.2, 0) is 11.3 Å². The Morgan fingerprint density at radius 3 is 2.09 bits per heavy atom. The summed E-state index contributed by atoms with van der Waals surface area (Å²) in [6.07, 6.45) is -0.410. The monoisotopic (exact) mass is 420 g/mol. The van der Waals surface area contributed by atoms with Crippen LogP contribution in [0, 0.1) is 0 Å². The first-order valence-electron chi connectivity index (χ1n) is 10.7. The number of nitrogens with one attached hydrogen (secondary N) is 1. The van der Waals surface area contributed by atoms with Gasteiger partial charge >= 0.3 is 6.09 Å². The summed E-state index contributed by atoms with van der Waals surface area (Å²) in [5, 5.41) is 2.86. The summed E-state index contributed by atoms with van der Waals surface area (Å²) in [5.74, 6) is 0.0609. The lowest BCUT2D eigenvalue weighted by Gasteiger charge is -2.14. The van der Waals surface area contributed by atoms with Gasteiger partial charge in [0.05, 0.1) is 0 Å². The number of benzene rings is 4. The summed E-state index contributed by atoms with van der Waals surface area (Å²) in [5.41, 5.74) is 14.6. The molecule has 4 heteroatoms. The van der Waals surface area contributed by atoms with Crippen molar-refractivity contribution in [2.24, 2.45) is 0 Å². The number of ether oxygens (including phenoxy) is 1. The van der Waals surface area contributed by atoms with Crippen LogP contribution in [0.1, 0.15) is 22.6 Å². The normalized spacial score (nSPS) is 12.1. The van der Waals surface area contributed by atoms with Crippen molar-refractivity contribution in [2.75, 3.05) is 12.3 Å². The number of rotatable bonds is 5. The Morgan fingerprint density at radius 2 is 1.44 bits per heavy atom. The fraction of sp³-hybridized carbons (Fsp3) is 0.107. The number of anilines is 1. The van der Waals surface area contributed by atoms with Crippen molar-refractivity contribution >= 4 is 11.8 Å². The van der Waals surface area contributed by atoms with E-state index in [2.05, 4.69) is 29.6 Å². The zero-order valence-electron chi connectivity index (χ0n) is 17.6. The molecule has 158 valence electrons. The second-order valence-corrected chi connectivity index (χ2v) is 8.00. The van der Waals surface area contributed by atoms with Crippen LogP contribution in [0.25, 0.3) is 22.3 Å². The Bertz CT molecular complexity index is 1220. The molecule has 0 saturated carbocycles. The predicted octanol–water partition coefficient (Wildman–Crippen LogP) is 5.97. The summed E-state index contributed by atoms with van der Waals surface area (Å²) in [4.78, 5) is 12.4. The van der Waals surface area contributed by atoms with E-state index in [0.29, 0.717) is 13.2 Å². The van der Waals surface area contributed by atoms with Crippen LogP contribution in [-0.4, -0.2) is 12.7 Å². The number of amides is 1. The van der Waals surface area contributed by atoms with E-state index in [9.17, 15) is 4.79 Å². The van der Waals surface area contributed by atoms with Crippen molar-refractivity contribution < 1.29 is 9.53 Å². The van der Waals surface area contributed by atoms with E-state index < -0.39 is 6.09 Å². The number of hydrogen-bond acceptors (Lipinski definition) is 3. The van der Waals surface area contributed by atoms with E-state index in [1.165, 1.54) is 22.3 Å². The SMILES string of the molecule is Nc1cccc(-c2ccc(CNC(=O)OCC3c4ccccc4-c4ccccc43)cc2)c1. The number of hydrogen-bond donors (Lipinski definition) is 2. The van der Waals surface area contributed by atoms with Crippen LogP contribution in [0.5, 0.6) is 0 Å². The van der Waals surface area contributed by atoms with E-state index in [-0.39, 0.29) is 5.92 Å². The van der Waals surface area contributed by atoms with Gasteiger partial charge in [-0.3, -0.25) is 0 Å².